The van der Waals surface area contributed by atoms with Crippen molar-refractivity contribution in [1.82, 2.24) is 4.31 Å². The molecule has 1 saturated heterocycles. The predicted octanol–water partition coefficient (Wildman–Crippen LogP) is 1.87. The van der Waals surface area contributed by atoms with Gasteiger partial charge in [0.1, 0.15) is 22.0 Å². The Balaban J connectivity index is 1.65. The predicted molar refractivity (Wildman–Crippen MR) is 115 cm³/mol. The lowest BCUT2D eigenvalue weighted by atomic mass is 10.2. The summed E-state index contributed by atoms with van der Waals surface area (Å²) >= 11 is 6.09. The van der Waals surface area contributed by atoms with E-state index in [4.69, 9.17) is 25.8 Å². The van der Waals surface area contributed by atoms with Crippen LogP contribution in [-0.2, 0) is 24.3 Å². The first kappa shape index (κ1) is 23.8. The summed E-state index contributed by atoms with van der Waals surface area (Å²) < 4.78 is 42.0. The van der Waals surface area contributed by atoms with Crippen LogP contribution in [0.4, 0.5) is 5.69 Å². The Bertz CT molecular complexity index is 1120. The number of morpholine rings is 1. The summed E-state index contributed by atoms with van der Waals surface area (Å²) in [5, 5.41) is 12.3. The number of carbonyl (C=O) groups excluding carboxylic acids is 2. The second-order valence-electron chi connectivity index (χ2n) is 6.67. The van der Waals surface area contributed by atoms with E-state index < -0.39 is 28.5 Å². The number of esters is 1. The van der Waals surface area contributed by atoms with Crippen LogP contribution >= 0.6 is 11.6 Å². The second kappa shape index (κ2) is 10.2. The first-order valence-corrected chi connectivity index (χ1v) is 11.3. The third-order valence-electron chi connectivity index (χ3n) is 4.56. The van der Waals surface area contributed by atoms with Crippen molar-refractivity contribution >= 4 is 39.2 Å². The maximum Gasteiger partial charge on any atom is 0.342 e. The Labute approximate surface area is 189 Å². The van der Waals surface area contributed by atoms with E-state index in [1.807, 2.05) is 0 Å². The summed E-state index contributed by atoms with van der Waals surface area (Å²) in [6, 6.07) is 8.02. The molecular formula is C20H21ClN2O8S. The third-order valence-corrected chi connectivity index (χ3v) is 6.94. The van der Waals surface area contributed by atoms with Gasteiger partial charge in [0, 0.05) is 24.8 Å². The molecule has 32 heavy (non-hydrogen) atoms. The number of sulfonamides is 1. The molecule has 2 N–H and O–H groups in total. The summed E-state index contributed by atoms with van der Waals surface area (Å²) in [5.41, 5.74) is 0.0264. The number of anilines is 1. The van der Waals surface area contributed by atoms with Crippen LogP contribution in [-0.4, -0.2) is 69.7 Å². The molecule has 0 aliphatic carbocycles. The Morgan fingerprint density at radius 3 is 2.56 bits per heavy atom. The number of ether oxygens (including phenoxy) is 3. The van der Waals surface area contributed by atoms with Gasteiger partial charge in [0.25, 0.3) is 5.91 Å². The van der Waals surface area contributed by atoms with Gasteiger partial charge in [0.05, 0.1) is 25.3 Å². The first-order valence-electron chi connectivity index (χ1n) is 9.44. The van der Waals surface area contributed by atoms with Gasteiger partial charge in [0.15, 0.2) is 6.61 Å². The lowest BCUT2D eigenvalue weighted by molar-refractivity contribution is -0.119. The van der Waals surface area contributed by atoms with E-state index in [1.165, 1.54) is 47.8 Å². The fourth-order valence-corrected chi connectivity index (χ4v) is 4.83. The van der Waals surface area contributed by atoms with Crippen LogP contribution in [0.25, 0.3) is 0 Å². The molecule has 2 aromatic rings. The normalized spacial score (nSPS) is 14.6. The van der Waals surface area contributed by atoms with Gasteiger partial charge >= 0.3 is 5.97 Å². The Kier molecular flexibility index (Phi) is 7.56. The van der Waals surface area contributed by atoms with E-state index in [2.05, 4.69) is 5.32 Å². The van der Waals surface area contributed by atoms with Crippen LogP contribution in [0.5, 0.6) is 11.5 Å². The Hall–Kier alpha value is -2.86. The van der Waals surface area contributed by atoms with Crippen LogP contribution < -0.4 is 10.1 Å². The van der Waals surface area contributed by atoms with Gasteiger partial charge in [-0.05, 0) is 30.3 Å². The molecule has 0 aromatic heterocycles. The molecule has 0 radical (unpaired) electrons. The first-order chi connectivity index (χ1) is 15.2. The highest BCUT2D eigenvalue weighted by atomic mass is 35.5. The van der Waals surface area contributed by atoms with Crippen molar-refractivity contribution in [3.8, 4) is 11.5 Å². The number of nitrogens with one attached hydrogen (secondary N) is 1. The summed E-state index contributed by atoms with van der Waals surface area (Å²) in [6.45, 7) is 0.302. The molecule has 10 nitrogen and oxygen atoms in total. The summed E-state index contributed by atoms with van der Waals surface area (Å²) in [7, 11) is -2.47. The van der Waals surface area contributed by atoms with Gasteiger partial charge in [-0.3, -0.25) is 4.79 Å². The van der Waals surface area contributed by atoms with Gasteiger partial charge in [-0.1, -0.05) is 11.6 Å². The molecule has 172 valence electrons. The van der Waals surface area contributed by atoms with Crippen molar-refractivity contribution in [2.45, 2.75) is 4.90 Å². The minimum absolute atomic E-state index is 0.0101. The molecular weight excluding hydrogens is 464 g/mol. The third kappa shape index (κ3) is 5.49. The summed E-state index contributed by atoms with van der Waals surface area (Å²) in [5.74, 6) is -1.62. The average Bonchev–Trinajstić information content (AvgIpc) is 2.79. The van der Waals surface area contributed by atoms with Crippen LogP contribution in [0.2, 0.25) is 5.02 Å². The zero-order chi connectivity index (χ0) is 23.3. The standard InChI is InChI=1S/C20H21ClN2O8S/c1-29-14-3-4-15(17(24)11-14)20(26)31-12-19(25)22-13-2-5-16(21)18(10-13)32(27,28)23-6-8-30-9-7-23/h2-5,10-11,24H,6-9,12H2,1H3,(H,22,25). The minimum atomic E-state index is -3.88. The van der Waals surface area contributed by atoms with E-state index in [-0.39, 0.29) is 53.2 Å². The summed E-state index contributed by atoms with van der Waals surface area (Å²) in [6.07, 6.45) is 0. The van der Waals surface area contributed by atoms with E-state index in [0.717, 1.165) is 0 Å². The number of phenolic OH excluding ortho intramolecular Hbond substituents is 1. The number of nitrogens with zero attached hydrogens (tertiary/aromatic N) is 1. The highest BCUT2D eigenvalue weighted by Gasteiger charge is 2.28. The molecule has 0 bridgehead atoms. The zero-order valence-corrected chi connectivity index (χ0v) is 18.6. The number of hydrogen-bond donors (Lipinski definition) is 2. The van der Waals surface area contributed by atoms with E-state index in [0.29, 0.717) is 5.75 Å². The SMILES string of the molecule is COc1ccc(C(=O)OCC(=O)Nc2ccc(Cl)c(S(=O)(=O)N3CCOCC3)c2)c(O)c1. The van der Waals surface area contributed by atoms with E-state index in [9.17, 15) is 23.1 Å². The fraction of sp³-hybridized carbons (Fsp3) is 0.300. The van der Waals surface area contributed by atoms with Crippen molar-refractivity contribution < 1.29 is 37.3 Å². The molecule has 3 rings (SSSR count). The van der Waals surface area contributed by atoms with Crippen molar-refractivity contribution in [2.75, 3.05) is 45.3 Å². The molecule has 1 fully saturated rings. The monoisotopic (exact) mass is 484 g/mol. The zero-order valence-electron chi connectivity index (χ0n) is 17.0. The van der Waals surface area contributed by atoms with E-state index >= 15 is 0 Å². The maximum absolute atomic E-state index is 12.9. The average molecular weight is 485 g/mol. The molecule has 1 aliphatic rings. The quantitative estimate of drug-likeness (QED) is 0.569. The Morgan fingerprint density at radius 1 is 1.19 bits per heavy atom. The van der Waals surface area contributed by atoms with E-state index in [1.54, 1.807) is 0 Å². The maximum atomic E-state index is 12.9. The van der Waals surface area contributed by atoms with Crippen LogP contribution in [0, 0.1) is 0 Å². The summed E-state index contributed by atoms with van der Waals surface area (Å²) in [4.78, 5) is 24.2. The van der Waals surface area contributed by atoms with Gasteiger partial charge in [-0.2, -0.15) is 4.31 Å². The van der Waals surface area contributed by atoms with Crippen molar-refractivity contribution in [1.29, 1.82) is 0 Å². The van der Waals surface area contributed by atoms with Crippen molar-refractivity contribution in [3.05, 3.63) is 47.0 Å². The van der Waals surface area contributed by atoms with Crippen LogP contribution in [0.15, 0.2) is 41.3 Å². The molecule has 1 amide bonds. The fourth-order valence-electron chi connectivity index (χ4n) is 2.92. The second-order valence-corrected chi connectivity index (χ2v) is 8.98. The van der Waals surface area contributed by atoms with Crippen LogP contribution in [0.1, 0.15) is 10.4 Å². The molecule has 1 aliphatic heterocycles. The molecule has 2 aromatic carbocycles. The number of carbonyl (C=O) groups is 2. The molecule has 0 unspecified atom stereocenters. The number of amides is 1. The smallest absolute Gasteiger partial charge is 0.342 e. The van der Waals surface area contributed by atoms with Gasteiger partial charge < -0.3 is 24.6 Å². The molecule has 0 saturated carbocycles. The number of rotatable bonds is 7. The van der Waals surface area contributed by atoms with Gasteiger partial charge in [-0.25, -0.2) is 13.2 Å². The highest BCUT2D eigenvalue weighted by molar-refractivity contribution is 7.89. The highest BCUT2D eigenvalue weighted by Crippen LogP contribution is 2.28. The molecule has 12 heteroatoms. The number of hydrogen-bond acceptors (Lipinski definition) is 8. The lowest BCUT2D eigenvalue weighted by Crippen LogP contribution is -2.40. The van der Waals surface area contributed by atoms with Crippen molar-refractivity contribution in [3.63, 3.8) is 0 Å². The van der Waals surface area contributed by atoms with Crippen molar-refractivity contribution in [2.24, 2.45) is 0 Å². The molecule has 0 atom stereocenters. The molecule has 0 spiro atoms. The number of aromatic hydroxyl groups is 1. The Morgan fingerprint density at radius 2 is 1.91 bits per heavy atom. The van der Waals surface area contributed by atoms with Crippen LogP contribution in [0.3, 0.4) is 0 Å². The molecule has 1 heterocycles. The number of methoxy groups -OCH3 is 1. The topological polar surface area (TPSA) is 131 Å². The number of phenols is 1. The lowest BCUT2D eigenvalue weighted by Gasteiger charge is -2.26. The number of benzene rings is 2. The largest absolute Gasteiger partial charge is 0.507 e. The van der Waals surface area contributed by atoms with Gasteiger partial charge in [-0.15, -0.1) is 0 Å². The van der Waals surface area contributed by atoms with Gasteiger partial charge in [0.2, 0.25) is 10.0 Å². The number of halogens is 1. The minimum Gasteiger partial charge on any atom is -0.507 e.